The summed E-state index contributed by atoms with van der Waals surface area (Å²) in [6.07, 6.45) is 3.92. The van der Waals surface area contributed by atoms with E-state index >= 15 is 0 Å². The Bertz CT molecular complexity index is 849. The number of piperidine rings is 1. The fraction of sp³-hybridized carbons (Fsp3) is 0.435. The minimum absolute atomic E-state index is 0.0719. The second-order valence-electron chi connectivity index (χ2n) is 7.77. The van der Waals surface area contributed by atoms with Crippen LogP contribution in [0, 0.1) is 0 Å². The molecule has 2 aliphatic heterocycles. The maximum atomic E-state index is 12.6. The minimum atomic E-state index is -0.316. The third kappa shape index (κ3) is 5.08. The van der Waals surface area contributed by atoms with Gasteiger partial charge in [0.2, 0.25) is 12.7 Å². The van der Waals surface area contributed by atoms with Crippen LogP contribution in [-0.2, 0) is 17.9 Å². The Morgan fingerprint density at radius 3 is 2.62 bits per heavy atom. The van der Waals surface area contributed by atoms with Crippen LogP contribution in [0.1, 0.15) is 37.3 Å². The molecule has 2 aliphatic rings. The highest BCUT2D eigenvalue weighted by Gasteiger charge is 2.17. The third-order valence-corrected chi connectivity index (χ3v) is 5.59. The summed E-state index contributed by atoms with van der Waals surface area (Å²) in [5, 5.41) is 6.31. The summed E-state index contributed by atoms with van der Waals surface area (Å²) in [5.41, 5.74) is 3.30. The number of benzene rings is 2. The van der Waals surface area contributed by atoms with Crippen molar-refractivity contribution in [2.24, 2.45) is 0 Å². The number of hydrogen-bond acceptors (Lipinski definition) is 5. The Hall–Kier alpha value is -2.57. The van der Waals surface area contributed by atoms with Crippen LogP contribution in [0.15, 0.2) is 42.5 Å². The molecule has 0 saturated carbocycles. The number of nitrogens with zero attached hydrogens (tertiary/aromatic N) is 1. The molecule has 6 nitrogen and oxygen atoms in total. The number of ether oxygens (including phenoxy) is 2. The van der Waals surface area contributed by atoms with Crippen LogP contribution in [0.4, 0.5) is 5.69 Å². The van der Waals surface area contributed by atoms with E-state index in [1.807, 2.05) is 19.1 Å². The summed E-state index contributed by atoms with van der Waals surface area (Å²) in [4.78, 5) is 15.1. The van der Waals surface area contributed by atoms with Crippen LogP contribution in [-0.4, -0.2) is 36.7 Å². The van der Waals surface area contributed by atoms with Crippen molar-refractivity contribution in [1.29, 1.82) is 0 Å². The quantitative estimate of drug-likeness (QED) is 0.751. The number of rotatable bonds is 7. The van der Waals surface area contributed by atoms with Crippen molar-refractivity contribution in [2.75, 3.05) is 25.2 Å². The van der Waals surface area contributed by atoms with E-state index in [9.17, 15) is 4.79 Å². The predicted octanol–water partition coefficient (Wildman–Crippen LogP) is 3.52. The van der Waals surface area contributed by atoms with Gasteiger partial charge < -0.3 is 20.1 Å². The zero-order chi connectivity index (χ0) is 20.1. The molecule has 2 aromatic carbocycles. The van der Waals surface area contributed by atoms with E-state index in [1.165, 1.54) is 43.5 Å². The van der Waals surface area contributed by atoms with E-state index in [2.05, 4.69) is 39.8 Å². The van der Waals surface area contributed by atoms with E-state index in [0.717, 1.165) is 6.54 Å². The summed E-state index contributed by atoms with van der Waals surface area (Å²) in [7, 11) is 0. The zero-order valence-electron chi connectivity index (χ0n) is 16.9. The van der Waals surface area contributed by atoms with Crippen LogP contribution < -0.4 is 20.1 Å². The third-order valence-electron chi connectivity index (χ3n) is 5.59. The van der Waals surface area contributed by atoms with Crippen molar-refractivity contribution in [2.45, 2.75) is 45.3 Å². The monoisotopic (exact) mass is 395 g/mol. The summed E-state index contributed by atoms with van der Waals surface area (Å²) in [5.74, 6) is 1.30. The Morgan fingerprint density at radius 1 is 1.03 bits per heavy atom. The molecule has 1 unspecified atom stereocenters. The average Bonchev–Trinajstić information content (AvgIpc) is 3.21. The highest BCUT2D eigenvalue weighted by atomic mass is 16.7. The van der Waals surface area contributed by atoms with Crippen molar-refractivity contribution < 1.29 is 14.3 Å². The molecule has 154 valence electrons. The van der Waals surface area contributed by atoms with Gasteiger partial charge in [-0.1, -0.05) is 30.7 Å². The van der Waals surface area contributed by atoms with Crippen LogP contribution >= 0.6 is 0 Å². The lowest BCUT2D eigenvalue weighted by Crippen LogP contribution is -2.38. The first-order valence-electron chi connectivity index (χ1n) is 10.4. The molecular weight excluding hydrogens is 366 g/mol. The molecule has 0 radical (unpaired) electrons. The number of carbonyl (C=O) groups is 1. The Labute approximate surface area is 172 Å². The lowest BCUT2D eigenvalue weighted by molar-refractivity contribution is -0.117. The van der Waals surface area contributed by atoms with Crippen molar-refractivity contribution in [3.63, 3.8) is 0 Å². The van der Waals surface area contributed by atoms with Crippen molar-refractivity contribution in [3.05, 3.63) is 53.6 Å². The summed E-state index contributed by atoms with van der Waals surface area (Å²) in [6, 6.07) is 13.6. The van der Waals surface area contributed by atoms with Gasteiger partial charge in [-0.3, -0.25) is 9.69 Å². The molecule has 2 aromatic rings. The first-order valence-corrected chi connectivity index (χ1v) is 10.4. The average molecular weight is 396 g/mol. The molecule has 0 aromatic heterocycles. The molecule has 29 heavy (non-hydrogen) atoms. The maximum absolute atomic E-state index is 12.6. The van der Waals surface area contributed by atoms with Crippen LogP contribution in [0.2, 0.25) is 0 Å². The second kappa shape index (κ2) is 9.29. The van der Waals surface area contributed by atoms with Gasteiger partial charge in [0.05, 0.1) is 6.04 Å². The summed E-state index contributed by atoms with van der Waals surface area (Å²) >= 11 is 0. The fourth-order valence-corrected chi connectivity index (χ4v) is 3.82. The highest BCUT2D eigenvalue weighted by molar-refractivity contribution is 5.94. The standard InChI is InChI=1S/C23H29N3O3/c1-17(23(27)25-20-9-10-21-22(13-20)29-16-28-21)24-14-18-7-3-4-8-19(18)15-26-11-5-2-6-12-26/h3-4,7-10,13,17,24H,2,5-6,11-12,14-16H2,1H3,(H,25,27). The predicted molar refractivity (Wildman–Crippen MR) is 113 cm³/mol. The van der Waals surface area contributed by atoms with Gasteiger partial charge in [0.1, 0.15) is 0 Å². The first kappa shape index (κ1) is 19.7. The van der Waals surface area contributed by atoms with E-state index < -0.39 is 0 Å². The molecule has 4 rings (SSSR count). The topological polar surface area (TPSA) is 62.8 Å². The fourth-order valence-electron chi connectivity index (χ4n) is 3.82. The number of amides is 1. The van der Waals surface area contributed by atoms with Gasteiger partial charge in [-0.15, -0.1) is 0 Å². The molecule has 1 amide bonds. The molecule has 1 saturated heterocycles. The summed E-state index contributed by atoms with van der Waals surface area (Å²) < 4.78 is 10.7. The van der Waals surface area contributed by atoms with Crippen molar-refractivity contribution >= 4 is 11.6 Å². The van der Waals surface area contributed by atoms with Gasteiger partial charge in [-0.2, -0.15) is 0 Å². The molecule has 0 aliphatic carbocycles. The second-order valence-corrected chi connectivity index (χ2v) is 7.77. The lowest BCUT2D eigenvalue weighted by atomic mass is 10.0. The number of hydrogen-bond donors (Lipinski definition) is 2. The van der Waals surface area contributed by atoms with Crippen LogP contribution in [0.3, 0.4) is 0 Å². The molecule has 2 N–H and O–H groups in total. The number of nitrogens with one attached hydrogen (secondary N) is 2. The highest BCUT2D eigenvalue weighted by Crippen LogP contribution is 2.34. The lowest BCUT2D eigenvalue weighted by Gasteiger charge is -2.27. The largest absolute Gasteiger partial charge is 0.454 e. The van der Waals surface area contributed by atoms with E-state index in [-0.39, 0.29) is 18.7 Å². The smallest absolute Gasteiger partial charge is 0.241 e. The maximum Gasteiger partial charge on any atom is 0.241 e. The van der Waals surface area contributed by atoms with Gasteiger partial charge >= 0.3 is 0 Å². The normalized spacial score (nSPS) is 17.1. The minimum Gasteiger partial charge on any atom is -0.454 e. The van der Waals surface area contributed by atoms with Gasteiger partial charge in [0.15, 0.2) is 11.5 Å². The molecule has 0 spiro atoms. The SMILES string of the molecule is CC(NCc1ccccc1CN1CCCCC1)C(=O)Nc1ccc2c(c1)OCO2. The van der Waals surface area contributed by atoms with Gasteiger partial charge in [-0.25, -0.2) is 0 Å². The van der Waals surface area contributed by atoms with Gasteiger partial charge in [-0.05, 0) is 56.1 Å². The number of likely N-dealkylation sites (tertiary alicyclic amines) is 1. The Balaban J connectivity index is 1.32. The van der Waals surface area contributed by atoms with Crippen LogP contribution in [0.5, 0.6) is 11.5 Å². The van der Waals surface area contributed by atoms with Crippen molar-refractivity contribution in [1.82, 2.24) is 10.2 Å². The molecule has 6 heteroatoms. The van der Waals surface area contributed by atoms with Crippen molar-refractivity contribution in [3.8, 4) is 11.5 Å². The number of anilines is 1. The van der Waals surface area contributed by atoms with E-state index in [4.69, 9.17) is 9.47 Å². The Kier molecular flexibility index (Phi) is 6.32. The number of carbonyl (C=O) groups excluding carboxylic acids is 1. The van der Waals surface area contributed by atoms with E-state index in [1.54, 1.807) is 6.07 Å². The Morgan fingerprint density at radius 2 is 1.79 bits per heavy atom. The molecule has 1 atom stereocenters. The summed E-state index contributed by atoms with van der Waals surface area (Å²) in [6.45, 7) is 6.11. The number of fused-ring (bicyclic) bond motifs is 1. The molecular formula is C23H29N3O3. The first-order chi connectivity index (χ1) is 14.2. The molecule has 2 heterocycles. The van der Waals surface area contributed by atoms with E-state index in [0.29, 0.717) is 23.7 Å². The van der Waals surface area contributed by atoms with Gasteiger partial charge in [0, 0.05) is 24.8 Å². The molecule has 1 fully saturated rings. The molecule has 0 bridgehead atoms. The zero-order valence-corrected chi connectivity index (χ0v) is 16.9. The van der Waals surface area contributed by atoms with Gasteiger partial charge in [0.25, 0.3) is 0 Å². The van der Waals surface area contributed by atoms with Crippen LogP contribution in [0.25, 0.3) is 0 Å².